The van der Waals surface area contributed by atoms with Gasteiger partial charge in [-0.15, -0.1) is 11.3 Å². The van der Waals surface area contributed by atoms with Crippen LogP contribution >= 0.6 is 27.3 Å². The fourth-order valence-electron chi connectivity index (χ4n) is 1.96. The Kier molecular flexibility index (Phi) is 3.83. The van der Waals surface area contributed by atoms with Gasteiger partial charge in [0.25, 0.3) is 0 Å². The summed E-state index contributed by atoms with van der Waals surface area (Å²) in [6, 6.07) is 0. The van der Waals surface area contributed by atoms with Crippen molar-refractivity contribution in [1.29, 1.82) is 0 Å². The van der Waals surface area contributed by atoms with E-state index in [1.54, 1.807) is 22.2 Å². The van der Waals surface area contributed by atoms with Crippen LogP contribution < -0.4 is 4.90 Å². The van der Waals surface area contributed by atoms with E-state index in [1.807, 2.05) is 5.38 Å². The van der Waals surface area contributed by atoms with E-state index in [-0.39, 0.29) is 6.61 Å². The van der Waals surface area contributed by atoms with Gasteiger partial charge < -0.3 is 14.7 Å². The Hall–Kier alpha value is -0.960. The standard InChI is InChI=1S/C11H13BrN4O2S/c12-10-8(5-17)16(7-13-10)9-6-19-11(14-9)15-1-3-18-4-2-15/h6-7,17H,1-5H2. The molecule has 102 valence electrons. The Balaban J connectivity index is 1.87. The van der Waals surface area contributed by atoms with Crippen molar-refractivity contribution < 1.29 is 9.84 Å². The molecule has 0 bridgehead atoms. The molecule has 2 aromatic rings. The van der Waals surface area contributed by atoms with Gasteiger partial charge in [0.2, 0.25) is 0 Å². The Bertz CT molecular complexity index is 565. The van der Waals surface area contributed by atoms with Crippen molar-refractivity contribution in [1.82, 2.24) is 14.5 Å². The van der Waals surface area contributed by atoms with Crippen LogP contribution in [0.15, 0.2) is 16.3 Å². The highest BCUT2D eigenvalue weighted by Gasteiger charge is 2.17. The molecule has 0 spiro atoms. The molecule has 1 aliphatic heterocycles. The molecule has 0 atom stereocenters. The molecule has 0 aromatic carbocycles. The molecular formula is C11H13BrN4O2S. The normalized spacial score (nSPS) is 16.0. The van der Waals surface area contributed by atoms with Crippen molar-refractivity contribution >= 4 is 32.4 Å². The molecule has 0 aliphatic carbocycles. The zero-order chi connectivity index (χ0) is 13.2. The number of rotatable bonds is 3. The summed E-state index contributed by atoms with van der Waals surface area (Å²) in [4.78, 5) is 11.0. The first-order valence-corrected chi connectivity index (χ1v) is 7.58. The van der Waals surface area contributed by atoms with Crippen molar-refractivity contribution in [3.63, 3.8) is 0 Å². The van der Waals surface area contributed by atoms with Crippen molar-refractivity contribution in [3.05, 3.63) is 22.0 Å². The third kappa shape index (κ3) is 2.53. The summed E-state index contributed by atoms with van der Waals surface area (Å²) in [6.07, 6.45) is 1.66. The number of anilines is 1. The Labute approximate surface area is 122 Å². The quantitative estimate of drug-likeness (QED) is 0.912. The molecular weight excluding hydrogens is 332 g/mol. The molecule has 19 heavy (non-hydrogen) atoms. The Morgan fingerprint density at radius 3 is 2.95 bits per heavy atom. The maximum absolute atomic E-state index is 9.36. The van der Waals surface area contributed by atoms with Gasteiger partial charge in [-0.05, 0) is 15.9 Å². The maximum Gasteiger partial charge on any atom is 0.187 e. The largest absolute Gasteiger partial charge is 0.390 e. The van der Waals surface area contributed by atoms with Gasteiger partial charge in [0, 0.05) is 18.5 Å². The number of ether oxygens (including phenoxy) is 1. The van der Waals surface area contributed by atoms with Crippen LogP contribution in [0.4, 0.5) is 5.13 Å². The Morgan fingerprint density at radius 1 is 1.42 bits per heavy atom. The molecule has 1 saturated heterocycles. The molecule has 0 radical (unpaired) electrons. The number of aliphatic hydroxyl groups excluding tert-OH is 1. The molecule has 0 amide bonds. The van der Waals surface area contributed by atoms with Gasteiger partial charge in [-0.1, -0.05) is 0 Å². The minimum absolute atomic E-state index is 0.0784. The van der Waals surface area contributed by atoms with Gasteiger partial charge in [0.1, 0.15) is 10.9 Å². The molecule has 1 fully saturated rings. The predicted molar refractivity (Wildman–Crippen MR) is 75.9 cm³/mol. The zero-order valence-electron chi connectivity index (χ0n) is 10.1. The minimum Gasteiger partial charge on any atom is -0.390 e. The number of nitrogens with zero attached hydrogens (tertiary/aromatic N) is 4. The summed E-state index contributed by atoms with van der Waals surface area (Å²) in [5.74, 6) is 0.786. The summed E-state index contributed by atoms with van der Waals surface area (Å²) in [7, 11) is 0. The average Bonchev–Trinajstić information content (AvgIpc) is 3.06. The summed E-state index contributed by atoms with van der Waals surface area (Å²) in [5, 5.41) is 12.3. The van der Waals surface area contributed by atoms with E-state index in [2.05, 4.69) is 30.8 Å². The van der Waals surface area contributed by atoms with E-state index in [9.17, 15) is 5.11 Å². The SMILES string of the molecule is OCc1c(Br)ncn1-c1csc(N2CCOCC2)n1. The van der Waals surface area contributed by atoms with E-state index < -0.39 is 0 Å². The molecule has 6 nitrogen and oxygen atoms in total. The molecule has 0 unspecified atom stereocenters. The lowest BCUT2D eigenvalue weighted by Gasteiger charge is -2.25. The number of aliphatic hydroxyl groups is 1. The number of thiazole rings is 1. The van der Waals surface area contributed by atoms with E-state index >= 15 is 0 Å². The first kappa shape index (κ1) is 13.0. The molecule has 3 heterocycles. The monoisotopic (exact) mass is 344 g/mol. The minimum atomic E-state index is -0.0784. The van der Waals surface area contributed by atoms with Crippen LogP contribution in [0.2, 0.25) is 0 Å². The number of morpholine rings is 1. The second-order valence-corrected chi connectivity index (χ2v) is 5.69. The first-order valence-electron chi connectivity index (χ1n) is 5.91. The number of imidazole rings is 1. The maximum atomic E-state index is 9.36. The van der Waals surface area contributed by atoms with Crippen LogP contribution in [0.3, 0.4) is 0 Å². The number of halogens is 1. The number of hydrogen-bond acceptors (Lipinski definition) is 6. The molecule has 3 rings (SSSR count). The third-order valence-corrected chi connectivity index (χ3v) is 4.53. The van der Waals surface area contributed by atoms with Gasteiger partial charge in [0.05, 0.1) is 25.5 Å². The summed E-state index contributed by atoms with van der Waals surface area (Å²) < 4.78 is 7.78. The van der Waals surface area contributed by atoms with Crippen LogP contribution in [-0.2, 0) is 11.3 Å². The predicted octanol–water partition coefficient (Wildman–Crippen LogP) is 1.42. The molecule has 2 aromatic heterocycles. The van der Waals surface area contributed by atoms with Crippen LogP contribution in [0.5, 0.6) is 0 Å². The highest BCUT2D eigenvalue weighted by Crippen LogP contribution is 2.26. The zero-order valence-corrected chi connectivity index (χ0v) is 12.5. The topological polar surface area (TPSA) is 63.4 Å². The summed E-state index contributed by atoms with van der Waals surface area (Å²) >= 11 is 4.91. The fourth-order valence-corrected chi connectivity index (χ4v) is 3.22. The van der Waals surface area contributed by atoms with Crippen LogP contribution in [0, 0.1) is 0 Å². The number of aromatic nitrogens is 3. The second kappa shape index (κ2) is 5.58. The van der Waals surface area contributed by atoms with E-state index in [0.717, 1.165) is 37.3 Å². The van der Waals surface area contributed by atoms with Gasteiger partial charge in [-0.2, -0.15) is 0 Å². The third-order valence-electron chi connectivity index (χ3n) is 2.97. The Morgan fingerprint density at radius 2 is 2.21 bits per heavy atom. The second-order valence-electron chi connectivity index (χ2n) is 4.10. The van der Waals surface area contributed by atoms with Crippen LogP contribution in [0.1, 0.15) is 5.69 Å². The lowest BCUT2D eigenvalue weighted by molar-refractivity contribution is 0.122. The smallest absolute Gasteiger partial charge is 0.187 e. The molecule has 0 saturated carbocycles. The number of hydrogen-bond donors (Lipinski definition) is 1. The van der Waals surface area contributed by atoms with Gasteiger partial charge >= 0.3 is 0 Å². The lowest BCUT2D eigenvalue weighted by atomic mass is 10.4. The van der Waals surface area contributed by atoms with Crippen LogP contribution in [0.25, 0.3) is 5.82 Å². The van der Waals surface area contributed by atoms with Gasteiger partial charge in [-0.3, -0.25) is 4.57 Å². The average molecular weight is 345 g/mol. The summed E-state index contributed by atoms with van der Waals surface area (Å²) in [5.41, 5.74) is 0.707. The van der Waals surface area contributed by atoms with E-state index in [4.69, 9.17) is 4.74 Å². The van der Waals surface area contributed by atoms with Crippen LogP contribution in [-0.4, -0.2) is 45.9 Å². The molecule has 1 N–H and O–H groups in total. The molecule has 1 aliphatic rings. The van der Waals surface area contributed by atoms with Crippen molar-refractivity contribution in [2.45, 2.75) is 6.61 Å². The van der Waals surface area contributed by atoms with Crippen molar-refractivity contribution in [2.24, 2.45) is 0 Å². The van der Waals surface area contributed by atoms with Gasteiger partial charge in [0.15, 0.2) is 10.9 Å². The van der Waals surface area contributed by atoms with E-state index in [0.29, 0.717) is 10.3 Å². The van der Waals surface area contributed by atoms with Crippen molar-refractivity contribution in [3.8, 4) is 5.82 Å². The fraction of sp³-hybridized carbons (Fsp3) is 0.455. The lowest BCUT2D eigenvalue weighted by Crippen LogP contribution is -2.36. The van der Waals surface area contributed by atoms with Crippen molar-refractivity contribution in [2.75, 3.05) is 31.2 Å². The highest BCUT2D eigenvalue weighted by atomic mass is 79.9. The summed E-state index contributed by atoms with van der Waals surface area (Å²) in [6.45, 7) is 3.15. The first-order chi connectivity index (χ1) is 9.29. The van der Waals surface area contributed by atoms with Gasteiger partial charge in [-0.25, -0.2) is 9.97 Å². The van der Waals surface area contributed by atoms with E-state index in [1.165, 1.54) is 0 Å². The highest BCUT2D eigenvalue weighted by molar-refractivity contribution is 9.10. The molecule has 8 heteroatoms.